The van der Waals surface area contributed by atoms with Gasteiger partial charge in [0.15, 0.2) is 0 Å². The third-order valence-corrected chi connectivity index (χ3v) is 4.28. The summed E-state index contributed by atoms with van der Waals surface area (Å²) >= 11 is 1.64. The Morgan fingerprint density at radius 2 is 2.32 bits per heavy atom. The first-order valence-electron chi connectivity index (χ1n) is 6.98. The van der Waals surface area contributed by atoms with E-state index in [4.69, 9.17) is 4.74 Å². The summed E-state index contributed by atoms with van der Waals surface area (Å²) in [5.41, 5.74) is 0. The van der Waals surface area contributed by atoms with Crippen LogP contribution in [0, 0.1) is 5.92 Å². The molecule has 1 fully saturated rings. The molecule has 5 nitrogen and oxygen atoms in total. The smallest absolute Gasteiger partial charge is 0.310 e. The van der Waals surface area contributed by atoms with Crippen LogP contribution in [0.1, 0.15) is 38.1 Å². The van der Waals surface area contributed by atoms with Crippen molar-refractivity contribution in [2.45, 2.75) is 39.5 Å². The maximum absolute atomic E-state index is 11.8. The van der Waals surface area contributed by atoms with Crippen LogP contribution in [0.2, 0.25) is 0 Å². The highest BCUT2D eigenvalue weighted by Crippen LogP contribution is 2.27. The Morgan fingerprint density at radius 3 is 3.05 bits per heavy atom. The number of anilines is 1. The Kier molecular flexibility index (Phi) is 5.13. The van der Waals surface area contributed by atoms with Crippen molar-refractivity contribution < 1.29 is 9.53 Å². The van der Waals surface area contributed by atoms with Crippen molar-refractivity contribution >= 4 is 22.4 Å². The average molecular weight is 283 g/mol. The number of piperidine rings is 1. The maximum Gasteiger partial charge on any atom is 0.310 e. The topological polar surface area (TPSA) is 55.3 Å². The first-order chi connectivity index (χ1) is 9.24. The van der Waals surface area contributed by atoms with Crippen LogP contribution in [0.3, 0.4) is 0 Å². The normalized spacial score (nSPS) is 19.5. The largest absolute Gasteiger partial charge is 0.466 e. The molecule has 1 aromatic heterocycles. The molecule has 1 aromatic rings. The molecule has 0 aromatic carbocycles. The number of nitrogens with zero attached hydrogens (tertiary/aromatic N) is 3. The van der Waals surface area contributed by atoms with Crippen LogP contribution in [0.25, 0.3) is 0 Å². The third-order valence-electron chi connectivity index (χ3n) is 3.23. The molecule has 6 heteroatoms. The fourth-order valence-electron chi connectivity index (χ4n) is 2.29. The number of ether oxygens (including phenoxy) is 1. The quantitative estimate of drug-likeness (QED) is 0.776. The number of aromatic nitrogens is 2. The summed E-state index contributed by atoms with van der Waals surface area (Å²) in [5, 5.41) is 10.5. The lowest BCUT2D eigenvalue weighted by atomic mass is 9.99. The Labute approximate surface area is 118 Å². The van der Waals surface area contributed by atoms with Gasteiger partial charge in [0.1, 0.15) is 5.01 Å². The monoisotopic (exact) mass is 283 g/mol. The molecule has 0 spiro atoms. The van der Waals surface area contributed by atoms with Gasteiger partial charge < -0.3 is 9.64 Å². The second-order valence-electron chi connectivity index (χ2n) is 4.77. The van der Waals surface area contributed by atoms with E-state index in [1.165, 1.54) is 0 Å². The minimum Gasteiger partial charge on any atom is -0.466 e. The summed E-state index contributed by atoms with van der Waals surface area (Å²) in [5.74, 6) is -0.0993. The Balaban J connectivity index is 1.97. The van der Waals surface area contributed by atoms with E-state index in [0.717, 1.165) is 42.4 Å². The number of esters is 1. The van der Waals surface area contributed by atoms with Gasteiger partial charge in [0, 0.05) is 19.5 Å². The van der Waals surface area contributed by atoms with Gasteiger partial charge >= 0.3 is 5.97 Å². The number of rotatable bonds is 5. The molecule has 0 saturated carbocycles. The van der Waals surface area contributed by atoms with Crippen LogP contribution in [0.5, 0.6) is 0 Å². The van der Waals surface area contributed by atoms with E-state index < -0.39 is 0 Å². The fourth-order valence-corrected chi connectivity index (χ4v) is 3.27. The standard InChI is InChI=1S/C13H21N3O2S/c1-3-6-11-14-15-13(19-11)16-8-5-7-10(9-16)12(17)18-4-2/h10H,3-9H2,1-2H3/t10-/m1/s1. The van der Waals surface area contributed by atoms with Crippen molar-refractivity contribution in [2.75, 3.05) is 24.6 Å². The third kappa shape index (κ3) is 3.65. The number of hydrogen-bond donors (Lipinski definition) is 0. The first-order valence-corrected chi connectivity index (χ1v) is 7.80. The zero-order chi connectivity index (χ0) is 13.7. The van der Waals surface area contributed by atoms with E-state index in [1.54, 1.807) is 11.3 Å². The lowest BCUT2D eigenvalue weighted by Gasteiger charge is -2.30. The van der Waals surface area contributed by atoms with Crippen LogP contribution >= 0.6 is 11.3 Å². The highest BCUT2D eigenvalue weighted by Gasteiger charge is 2.28. The summed E-state index contributed by atoms with van der Waals surface area (Å²) in [7, 11) is 0. The molecule has 0 bridgehead atoms. The number of carbonyl (C=O) groups is 1. The van der Waals surface area contributed by atoms with Crippen molar-refractivity contribution in [3.8, 4) is 0 Å². The van der Waals surface area contributed by atoms with E-state index in [-0.39, 0.29) is 11.9 Å². The Hall–Kier alpha value is -1.17. The van der Waals surface area contributed by atoms with Gasteiger partial charge in [0.25, 0.3) is 0 Å². The van der Waals surface area contributed by atoms with Crippen LogP contribution in [-0.4, -0.2) is 35.9 Å². The maximum atomic E-state index is 11.8. The summed E-state index contributed by atoms with van der Waals surface area (Å²) < 4.78 is 5.11. The average Bonchev–Trinajstić information content (AvgIpc) is 2.88. The molecule has 0 unspecified atom stereocenters. The van der Waals surface area contributed by atoms with Crippen molar-refractivity contribution in [1.29, 1.82) is 0 Å². The molecule has 1 atom stereocenters. The molecule has 1 saturated heterocycles. The van der Waals surface area contributed by atoms with Crippen molar-refractivity contribution in [2.24, 2.45) is 5.92 Å². The Bertz CT molecular complexity index is 422. The van der Waals surface area contributed by atoms with Gasteiger partial charge in [0.05, 0.1) is 12.5 Å². The summed E-state index contributed by atoms with van der Waals surface area (Å²) in [6, 6.07) is 0. The molecule has 2 heterocycles. The molecular formula is C13H21N3O2S. The zero-order valence-corrected chi connectivity index (χ0v) is 12.4. The minimum atomic E-state index is -0.0782. The lowest BCUT2D eigenvalue weighted by molar-refractivity contribution is -0.148. The van der Waals surface area contributed by atoms with Crippen molar-refractivity contribution in [3.05, 3.63) is 5.01 Å². The van der Waals surface area contributed by atoms with Gasteiger partial charge in [-0.1, -0.05) is 18.3 Å². The number of hydrogen-bond acceptors (Lipinski definition) is 6. The molecule has 106 valence electrons. The summed E-state index contributed by atoms with van der Waals surface area (Å²) in [4.78, 5) is 14.0. The second-order valence-corrected chi connectivity index (χ2v) is 5.81. The molecule has 1 aliphatic heterocycles. The summed E-state index contributed by atoms with van der Waals surface area (Å²) in [6.07, 6.45) is 3.98. The molecule has 0 N–H and O–H groups in total. The van der Waals surface area contributed by atoms with Gasteiger partial charge in [-0.25, -0.2) is 0 Å². The highest BCUT2D eigenvalue weighted by atomic mass is 32.1. The zero-order valence-electron chi connectivity index (χ0n) is 11.6. The van der Waals surface area contributed by atoms with Gasteiger partial charge in [-0.2, -0.15) is 0 Å². The highest BCUT2D eigenvalue weighted by molar-refractivity contribution is 7.15. The SMILES string of the molecule is CCCc1nnc(N2CCC[C@@H](C(=O)OCC)C2)s1. The fraction of sp³-hybridized carbons (Fsp3) is 0.769. The Morgan fingerprint density at radius 1 is 1.47 bits per heavy atom. The molecule has 19 heavy (non-hydrogen) atoms. The van der Waals surface area contributed by atoms with E-state index in [2.05, 4.69) is 22.0 Å². The second kappa shape index (κ2) is 6.84. The van der Waals surface area contributed by atoms with Crippen LogP contribution in [0.15, 0.2) is 0 Å². The summed E-state index contributed by atoms with van der Waals surface area (Å²) in [6.45, 7) is 6.10. The van der Waals surface area contributed by atoms with Gasteiger partial charge in [-0.3, -0.25) is 4.79 Å². The van der Waals surface area contributed by atoms with E-state index in [9.17, 15) is 4.79 Å². The minimum absolute atomic E-state index is 0.0211. The molecule has 1 aliphatic rings. The van der Waals surface area contributed by atoms with Gasteiger partial charge in [-0.15, -0.1) is 10.2 Å². The molecular weight excluding hydrogens is 262 g/mol. The molecule has 0 amide bonds. The van der Waals surface area contributed by atoms with Crippen molar-refractivity contribution in [3.63, 3.8) is 0 Å². The predicted octanol–water partition coefficient (Wildman–Crippen LogP) is 2.27. The molecule has 0 radical (unpaired) electrons. The number of carbonyl (C=O) groups excluding carboxylic acids is 1. The van der Waals surface area contributed by atoms with Crippen LogP contribution in [-0.2, 0) is 16.0 Å². The number of aryl methyl sites for hydroxylation is 1. The van der Waals surface area contributed by atoms with Gasteiger partial charge in [0.2, 0.25) is 5.13 Å². The molecule has 0 aliphatic carbocycles. The lowest BCUT2D eigenvalue weighted by Crippen LogP contribution is -2.39. The van der Waals surface area contributed by atoms with E-state index in [1.807, 2.05) is 6.92 Å². The van der Waals surface area contributed by atoms with Gasteiger partial charge in [-0.05, 0) is 26.2 Å². The van der Waals surface area contributed by atoms with E-state index >= 15 is 0 Å². The van der Waals surface area contributed by atoms with Crippen LogP contribution in [0.4, 0.5) is 5.13 Å². The van der Waals surface area contributed by atoms with Crippen LogP contribution < -0.4 is 4.90 Å². The molecule has 2 rings (SSSR count). The predicted molar refractivity (Wildman–Crippen MR) is 75.5 cm³/mol. The van der Waals surface area contributed by atoms with E-state index in [0.29, 0.717) is 13.2 Å². The first kappa shape index (κ1) is 14.2. The van der Waals surface area contributed by atoms with Crippen molar-refractivity contribution in [1.82, 2.24) is 10.2 Å².